The van der Waals surface area contributed by atoms with Gasteiger partial charge in [0.15, 0.2) is 23.9 Å². The van der Waals surface area contributed by atoms with Gasteiger partial charge in [0.25, 0.3) is 5.91 Å². The molecule has 1 aromatic heterocycles. The predicted octanol–water partition coefficient (Wildman–Crippen LogP) is 4.70. The first-order chi connectivity index (χ1) is 17.6. The van der Waals surface area contributed by atoms with E-state index in [1.807, 2.05) is 18.2 Å². The highest BCUT2D eigenvalue weighted by atomic mass is 19.4. The van der Waals surface area contributed by atoms with Crippen molar-refractivity contribution in [2.45, 2.75) is 39.2 Å². The van der Waals surface area contributed by atoms with Crippen molar-refractivity contribution in [2.24, 2.45) is 0 Å². The zero-order valence-corrected chi connectivity index (χ0v) is 19.9. The molecule has 5 rings (SSSR count). The third-order valence-corrected chi connectivity index (χ3v) is 6.01. The molecule has 2 N–H and O–H groups in total. The third kappa shape index (κ3) is 5.15. The highest BCUT2D eigenvalue weighted by Crippen LogP contribution is 2.46. The minimum Gasteiger partial charge on any atom is -0.478 e. The second-order valence-corrected chi connectivity index (χ2v) is 8.94. The highest BCUT2D eigenvalue weighted by Gasteiger charge is 2.37. The SMILES string of the molecule is CC(C)N1C(=O)COc2c(OC(F)(F)F)cc(-c3nc(Nc4ccc5c(c4)CCNC5)ncc3F)cc21. The summed E-state index contributed by atoms with van der Waals surface area (Å²) in [5, 5.41) is 6.32. The number of rotatable bonds is 5. The fraction of sp³-hybridized carbons (Fsp3) is 0.320. The monoisotopic (exact) mass is 517 g/mol. The smallest absolute Gasteiger partial charge is 0.478 e. The van der Waals surface area contributed by atoms with Gasteiger partial charge in [0.2, 0.25) is 5.95 Å². The summed E-state index contributed by atoms with van der Waals surface area (Å²) in [4.78, 5) is 22.0. The molecule has 0 bridgehead atoms. The van der Waals surface area contributed by atoms with Crippen LogP contribution in [0.5, 0.6) is 11.5 Å². The van der Waals surface area contributed by atoms with Crippen LogP contribution in [0.3, 0.4) is 0 Å². The van der Waals surface area contributed by atoms with Crippen LogP contribution in [0.15, 0.2) is 36.5 Å². The highest BCUT2D eigenvalue weighted by molar-refractivity contribution is 6.00. The molecule has 0 fully saturated rings. The number of aromatic nitrogens is 2. The van der Waals surface area contributed by atoms with E-state index in [1.165, 1.54) is 16.5 Å². The first-order valence-electron chi connectivity index (χ1n) is 11.6. The van der Waals surface area contributed by atoms with Gasteiger partial charge >= 0.3 is 6.36 Å². The molecule has 0 aliphatic carbocycles. The van der Waals surface area contributed by atoms with Gasteiger partial charge in [-0.2, -0.15) is 0 Å². The van der Waals surface area contributed by atoms with E-state index < -0.39 is 36.5 Å². The Labute approximate surface area is 209 Å². The summed E-state index contributed by atoms with van der Waals surface area (Å²) < 4.78 is 64.1. The average Bonchev–Trinajstić information content (AvgIpc) is 2.83. The van der Waals surface area contributed by atoms with E-state index >= 15 is 0 Å². The number of ether oxygens (including phenoxy) is 2. The Balaban J connectivity index is 1.56. The summed E-state index contributed by atoms with van der Waals surface area (Å²) in [7, 11) is 0. The van der Waals surface area contributed by atoms with Gasteiger partial charge in [0, 0.05) is 23.8 Å². The van der Waals surface area contributed by atoms with Crippen molar-refractivity contribution in [3.8, 4) is 22.8 Å². The fourth-order valence-electron chi connectivity index (χ4n) is 4.47. The lowest BCUT2D eigenvalue weighted by molar-refractivity contribution is -0.275. The van der Waals surface area contributed by atoms with Crippen molar-refractivity contribution in [1.29, 1.82) is 0 Å². The van der Waals surface area contributed by atoms with Gasteiger partial charge in [-0.05, 0) is 62.2 Å². The lowest BCUT2D eigenvalue weighted by atomic mass is 10.0. The molecule has 3 heterocycles. The van der Waals surface area contributed by atoms with E-state index in [2.05, 4.69) is 25.3 Å². The van der Waals surface area contributed by atoms with E-state index in [0.717, 1.165) is 37.3 Å². The molecule has 194 valence electrons. The average molecular weight is 517 g/mol. The molecule has 1 amide bonds. The van der Waals surface area contributed by atoms with Crippen LogP contribution in [0, 0.1) is 5.82 Å². The zero-order valence-electron chi connectivity index (χ0n) is 19.9. The standard InChI is InChI=1S/C25H23F4N5O3/c1-13(2)34-19-8-16(9-20(37-25(27,28)29)23(19)36-12-21(34)35)22-18(26)11-31-24(33-22)32-17-4-3-15-10-30-6-5-14(15)7-17/h3-4,7-9,11,13,30H,5-6,10,12H2,1-2H3,(H,31,32,33). The molecule has 2 aliphatic heterocycles. The maximum Gasteiger partial charge on any atom is 0.573 e. The number of carbonyl (C=O) groups is 1. The molecule has 0 saturated carbocycles. The van der Waals surface area contributed by atoms with Crippen LogP contribution >= 0.6 is 0 Å². The van der Waals surface area contributed by atoms with Crippen LogP contribution in [-0.2, 0) is 17.8 Å². The zero-order chi connectivity index (χ0) is 26.3. The van der Waals surface area contributed by atoms with E-state index in [9.17, 15) is 22.4 Å². The lowest BCUT2D eigenvalue weighted by Gasteiger charge is -2.33. The Morgan fingerprint density at radius 2 is 2.00 bits per heavy atom. The summed E-state index contributed by atoms with van der Waals surface area (Å²) >= 11 is 0. The molecule has 37 heavy (non-hydrogen) atoms. The quantitative estimate of drug-likeness (QED) is 0.474. The van der Waals surface area contributed by atoms with Gasteiger partial charge in [-0.1, -0.05) is 6.07 Å². The van der Waals surface area contributed by atoms with E-state index in [1.54, 1.807) is 13.8 Å². The molecular formula is C25H23F4N5O3. The second-order valence-electron chi connectivity index (χ2n) is 8.94. The third-order valence-electron chi connectivity index (χ3n) is 6.01. The number of benzene rings is 2. The second kappa shape index (κ2) is 9.51. The Bertz CT molecular complexity index is 1360. The Morgan fingerprint density at radius 3 is 2.76 bits per heavy atom. The number of amides is 1. The number of nitrogens with zero attached hydrogens (tertiary/aromatic N) is 3. The summed E-state index contributed by atoms with van der Waals surface area (Å²) in [5.41, 5.74) is 2.74. The lowest BCUT2D eigenvalue weighted by Crippen LogP contribution is -2.43. The van der Waals surface area contributed by atoms with Crippen LogP contribution in [-0.4, -0.2) is 41.4 Å². The first kappa shape index (κ1) is 24.8. The van der Waals surface area contributed by atoms with Gasteiger partial charge in [-0.3, -0.25) is 4.79 Å². The normalized spacial score (nSPS) is 15.2. The van der Waals surface area contributed by atoms with Gasteiger partial charge < -0.3 is 25.0 Å². The summed E-state index contributed by atoms with van der Waals surface area (Å²) in [5.74, 6) is -2.22. The largest absolute Gasteiger partial charge is 0.573 e. The predicted molar refractivity (Wildman–Crippen MR) is 127 cm³/mol. The number of halogens is 4. The molecule has 2 aliphatic rings. The Hall–Kier alpha value is -3.93. The van der Waals surface area contributed by atoms with Gasteiger partial charge in [-0.15, -0.1) is 13.2 Å². The van der Waals surface area contributed by atoms with Crippen molar-refractivity contribution in [1.82, 2.24) is 15.3 Å². The molecule has 0 radical (unpaired) electrons. The van der Waals surface area contributed by atoms with Crippen LogP contribution in [0.4, 0.5) is 34.9 Å². The number of anilines is 3. The number of fused-ring (bicyclic) bond motifs is 2. The van der Waals surface area contributed by atoms with Gasteiger partial charge in [0.1, 0.15) is 5.69 Å². The molecule has 0 unspecified atom stereocenters. The van der Waals surface area contributed by atoms with Crippen LogP contribution < -0.4 is 25.0 Å². The molecule has 2 aromatic carbocycles. The van der Waals surface area contributed by atoms with Crippen molar-refractivity contribution in [2.75, 3.05) is 23.4 Å². The van der Waals surface area contributed by atoms with E-state index in [4.69, 9.17) is 4.74 Å². The molecular weight excluding hydrogens is 494 g/mol. The van der Waals surface area contributed by atoms with E-state index in [0.29, 0.717) is 5.69 Å². The number of nitrogens with one attached hydrogen (secondary N) is 2. The van der Waals surface area contributed by atoms with E-state index in [-0.39, 0.29) is 28.6 Å². The number of hydrogen-bond donors (Lipinski definition) is 2. The van der Waals surface area contributed by atoms with Crippen LogP contribution in [0.1, 0.15) is 25.0 Å². The summed E-state index contributed by atoms with van der Waals surface area (Å²) in [6.07, 6.45) is -3.26. The maximum absolute atomic E-state index is 14.9. The Kier molecular flexibility index (Phi) is 6.36. The molecule has 8 nitrogen and oxygen atoms in total. The van der Waals surface area contributed by atoms with Crippen molar-refractivity contribution in [3.05, 3.63) is 53.5 Å². The maximum atomic E-state index is 14.9. The topological polar surface area (TPSA) is 88.6 Å². The number of hydrogen-bond acceptors (Lipinski definition) is 7. The number of carbonyl (C=O) groups excluding carboxylic acids is 1. The van der Waals surface area contributed by atoms with Crippen molar-refractivity contribution < 1.29 is 31.8 Å². The van der Waals surface area contributed by atoms with Gasteiger partial charge in [0.05, 0.1) is 11.9 Å². The van der Waals surface area contributed by atoms with Crippen molar-refractivity contribution >= 4 is 23.2 Å². The molecule has 0 saturated heterocycles. The van der Waals surface area contributed by atoms with Crippen molar-refractivity contribution in [3.63, 3.8) is 0 Å². The minimum absolute atomic E-state index is 0.0267. The summed E-state index contributed by atoms with van der Waals surface area (Å²) in [6, 6.07) is 7.71. The molecule has 3 aromatic rings. The Morgan fingerprint density at radius 1 is 1.19 bits per heavy atom. The molecule has 0 atom stereocenters. The minimum atomic E-state index is -5.04. The first-order valence-corrected chi connectivity index (χ1v) is 11.6. The fourth-order valence-corrected chi connectivity index (χ4v) is 4.47. The number of alkyl halides is 3. The molecule has 12 heteroatoms. The summed E-state index contributed by atoms with van der Waals surface area (Å²) in [6.45, 7) is 4.57. The van der Waals surface area contributed by atoms with Gasteiger partial charge in [-0.25, -0.2) is 14.4 Å². The van der Waals surface area contributed by atoms with Crippen LogP contribution in [0.2, 0.25) is 0 Å². The molecule has 0 spiro atoms. The van der Waals surface area contributed by atoms with Crippen LogP contribution in [0.25, 0.3) is 11.3 Å².